The molecule has 23 heteroatoms. The zero-order valence-electron chi connectivity index (χ0n) is 21.8. The van der Waals surface area contributed by atoms with Crippen molar-refractivity contribution in [3.05, 3.63) is 0 Å². The topological polar surface area (TPSA) is 192 Å². The number of alkyl carbamates (subject to hydrolysis) is 2. The number of nitrogens with one attached hydrogen (secondary N) is 4. The van der Waals surface area contributed by atoms with E-state index in [1.54, 1.807) is 20.8 Å². The Hall–Kier alpha value is -0.630. The maximum absolute atomic E-state index is 12.6. The number of amides is 2. The third-order valence-corrected chi connectivity index (χ3v) is 7.83. The van der Waals surface area contributed by atoms with E-state index in [1.165, 1.54) is 4.90 Å². The number of guanidine groups is 2. The van der Waals surface area contributed by atoms with Gasteiger partial charge in [0.1, 0.15) is 31.0 Å². The molecular formula is C19H26BrCl6N7O8S. The average molecular weight is 805 g/mol. The van der Waals surface area contributed by atoms with Crippen LogP contribution in [-0.2, 0) is 24.0 Å². The van der Waals surface area contributed by atoms with Gasteiger partial charge in [0.15, 0.2) is 5.66 Å². The lowest BCUT2D eigenvalue weighted by atomic mass is 9.88. The van der Waals surface area contributed by atoms with Gasteiger partial charge in [-0.1, -0.05) is 85.5 Å². The third-order valence-electron chi connectivity index (χ3n) is 5.64. The number of ether oxygens (including phenoxy) is 2. The van der Waals surface area contributed by atoms with Gasteiger partial charge in [-0.15, -0.1) is 0 Å². The van der Waals surface area contributed by atoms with Crippen LogP contribution in [0.3, 0.4) is 0 Å². The molecule has 5 N–H and O–H groups in total. The SMILES string of the molecule is CC(C)(C)OC(=O)N[C@H]1CN2C(NC(=O)OCC(Cl)(Cl)Cl)=N[C@@H](CBr)[C@@H]3N=C(NS(=O)(=O)OCC(Cl)(Cl)Cl)N[C@@]32[C@H]1O. The van der Waals surface area contributed by atoms with Gasteiger partial charge >= 0.3 is 22.5 Å². The Kier molecular flexibility index (Phi) is 11.1. The minimum absolute atomic E-state index is 0.128. The molecule has 1 saturated heterocycles. The molecular weight excluding hydrogens is 779 g/mol. The second-order valence-corrected chi connectivity index (χ2v) is 17.1. The molecule has 42 heavy (non-hydrogen) atoms. The number of carbonyl (C=O) groups excluding carboxylic acids is 2. The van der Waals surface area contributed by atoms with Gasteiger partial charge in [0.2, 0.25) is 19.5 Å². The van der Waals surface area contributed by atoms with E-state index in [1.807, 2.05) is 0 Å². The minimum atomic E-state index is -4.58. The lowest BCUT2D eigenvalue weighted by molar-refractivity contribution is 0.0105. The van der Waals surface area contributed by atoms with Crippen molar-refractivity contribution in [3.63, 3.8) is 0 Å². The first kappa shape index (κ1) is 35.8. The fraction of sp³-hybridized carbons (Fsp3) is 0.789. The first-order valence-corrected chi connectivity index (χ1v) is 16.5. The van der Waals surface area contributed by atoms with Crippen molar-refractivity contribution in [2.45, 2.75) is 63.8 Å². The van der Waals surface area contributed by atoms with Crippen molar-refractivity contribution in [1.82, 2.24) is 25.6 Å². The Morgan fingerprint density at radius 2 is 1.74 bits per heavy atom. The molecule has 0 aromatic carbocycles. The number of carbonyl (C=O) groups is 2. The highest BCUT2D eigenvalue weighted by atomic mass is 79.9. The number of rotatable bonds is 6. The molecule has 2 amide bonds. The van der Waals surface area contributed by atoms with Crippen molar-refractivity contribution in [3.8, 4) is 0 Å². The first-order valence-electron chi connectivity index (χ1n) is 11.7. The summed E-state index contributed by atoms with van der Waals surface area (Å²) >= 11 is 37.0. The summed E-state index contributed by atoms with van der Waals surface area (Å²) in [5.74, 6) is -0.496. The monoisotopic (exact) mass is 801 g/mol. The summed E-state index contributed by atoms with van der Waals surface area (Å²) in [6, 6.07) is -2.85. The van der Waals surface area contributed by atoms with Crippen LogP contribution in [-0.4, -0.2) is 111 Å². The third kappa shape index (κ3) is 9.20. The summed E-state index contributed by atoms with van der Waals surface area (Å²) < 4.78 is 38.2. The van der Waals surface area contributed by atoms with Crippen molar-refractivity contribution < 1.29 is 36.8 Å². The van der Waals surface area contributed by atoms with Crippen molar-refractivity contribution >= 4 is 120 Å². The molecule has 0 saturated carbocycles. The van der Waals surface area contributed by atoms with Crippen LogP contribution in [0.5, 0.6) is 0 Å². The van der Waals surface area contributed by atoms with Crippen LogP contribution in [0.15, 0.2) is 9.98 Å². The normalized spacial score (nSPS) is 27.6. The number of alkyl halides is 7. The fourth-order valence-corrected chi connectivity index (χ4v) is 6.03. The highest BCUT2D eigenvalue weighted by Gasteiger charge is 2.66. The van der Waals surface area contributed by atoms with Crippen LogP contribution in [0.25, 0.3) is 0 Å². The number of hydrogen-bond acceptors (Lipinski definition) is 12. The Labute approximate surface area is 279 Å². The van der Waals surface area contributed by atoms with Crippen LogP contribution in [0.1, 0.15) is 20.8 Å². The average Bonchev–Trinajstić information content (AvgIpc) is 3.31. The molecule has 1 spiro atoms. The second kappa shape index (κ2) is 13.0. The summed E-state index contributed by atoms with van der Waals surface area (Å²) in [6.07, 6.45) is -3.39. The molecule has 0 unspecified atom stereocenters. The summed E-state index contributed by atoms with van der Waals surface area (Å²) in [5.41, 5.74) is -2.53. The first-order chi connectivity index (χ1) is 19.1. The molecule has 0 bridgehead atoms. The van der Waals surface area contributed by atoms with Crippen molar-refractivity contribution in [2.75, 3.05) is 25.1 Å². The van der Waals surface area contributed by atoms with Gasteiger partial charge in [-0.3, -0.25) is 5.32 Å². The maximum atomic E-state index is 12.6. The van der Waals surface area contributed by atoms with E-state index in [0.29, 0.717) is 0 Å². The molecule has 1 fully saturated rings. The molecule has 240 valence electrons. The Morgan fingerprint density at radius 1 is 1.12 bits per heavy atom. The largest absolute Gasteiger partial charge is 0.445 e. The standard InChI is InChI=1S/C19H26BrCl6N7O8S/c1-16(2,3)41-15(36)28-9-5-33-13(30-14(35)39-6-17(21,22)23)27-8(4-20)10-19(33,11(9)34)31-12(29-10)32-42(37,38)40-7-18(24,25)26/h8-11,34H,4-7H2,1-3H3,(H,28,36)(H,27,30,35)(H2,29,31,32)/t8-,9-,10-,11-,19-/m0/s1. The summed E-state index contributed by atoms with van der Waals surface area (Å²) in [6.45, 7) is 3.39. The number of aliphatic hydroxyl groups is 1. The zero-order chi connectivity index (χ0) is 31.9. The van der Waals surface area contributed by atoms with Gasteiger partial charge in [-0.25, -0.2) is 28.5 Å². The van der Waals surface area contributed by atoms with Crippen LogP contribution < -0.4 is 20.7 Å². The molecule has 0 aromatic heterocycles. The Bertz CT molecular complexity index is 1230. The molecule has 0 radical (unpaired) electrons. The molecule has 3 heterocycles. The molecule has 3 rings (SSSR count). The van der Waals surface area contributed by atoms with Gasteiger partial charge in [0.05, 0.1) is 12.1 Å². The summed E-state index contributed by atoms with van der Waals surface area (Å²) in [5, 5.41) is 19.6. The molecule has 3 aliphatic rings. The van der Waals surface area contributed by atoms with Gasteiger partial charge in [-0.05, 0) is 20.8 Å². The van der Waals surface area contributed by atoms with E-state index in [2.05, 4.69) is 46.6 Å². The van der Waals surface area contributed by atoms with Crippen molar-refractivity contribution in [2.24, 2.45) is 9.98 Å². The van der Waals surface area contributed by atoms with Gasteiger partial charge in [-0.2, -0.15) is 8.42 Å². The molecule has 5 atom stereocenters. The second-order valence-electron chi connectivity index (χ2n) is 10.1. The van der Waals surface area contributed by atoms with Crippen LogP contribution in [0, 0.1) is 0 Å². The highest BCUT2D eigenvalue weighted by Crippen LogP contribution is 2.41. The van der Waals surface area contributed by atoms with Gasteiger partial charge in [0, 0.05) is 11.9 Å². The van der Waals surface area contributed by atoms with Gasteiger partial charge in [0.25, 0.3) is 0 Å². The molecule has 3 aliphatic heterocycles. The van der Waals surface area contributed by atoms with E-state index in [4.69, 9.17) is 83.3 Å². The van der Waals surface area contributed by atoms with E-state index in [9.17, 15) is 23.1 Å². The smallest absolute Gasteiger partial charge is 0.414 e. The van der Waals surface area contributed by atoms with E-state index < -0.39 is 78.8 Å². The molecule has 0 aromatic rings. The maximum Gasteiger partial charge on any atom is 0.414 e. The van der Waals surface area contributed by atoms with Gasteiger partial charge < -0.3 is 30.1 Å². The summed E-state index contributed by atoms with van der Waals surface area (Å²) in [4.78, 5) is 35.4. The van der Waals surface area contributed by atoms with Crippen LogP contribution in [0.2, 0.25) is 0 Å². The minimum Gasteiger partial charge on any atom is -0.445 e. The van der Waals surface area contributed by atoms with Crippen LogP contribution in [0.4, 0.5) is 9.59 Å². The molecule has 15 nitrogen and oxygen atoms in total. The fourth-order valence-electron chi connectivity index (χ4n) is 4.28. The lowest BCUT2D eigenvalue weighted by Gasteiger charge is -2.46. The number of halogens is 7. The zero-order valence-corrected chi connectivity index (χ0v) is 28.8. The van der Waals surface area contributed by atoms with E-state index in [0.717, 1.165) is 0 Å². The Morgan fingerprint density at radius 3 is 2.29 bits per heavy atom. The van der Waals surface area contributed by atoms with E-state index in [-0.39, 0.29) is 23.8 Å². The predicted molar refractivity (Wildman–Crippen MR) is 161 cm³/mol. The quantitative estimate of drug-likeness (QED) is 0.249. The number of hydrogen-bond donors (Lipinski definition) is 5. The van der Waals surface area contributed by atoms with E-state index >= 15 is 0 Å². The summed E-state index contributed by atoms with van der Waals surface area (Å²) in [7, 11) is -4.58. The Balaban J connectivity index is 1.94. The van der Waals surface area contributed by atoms with Crippen molar-refractivity contribution in [1.29, 1.82) is 0 Å². The highest BCUT2D eigenvalue weighted by molar-refractivity contribution is 9.09. The predicted octanol–water partition coefficient (Wildman–Crippen LogP) is 2.03. The number of aliphatic imine (C=N–C) groups is 2. The van der Waals surface area contributed by atoms with Crippen LogP contribution >= 0.6 is 85.5 Å². The number of aliphatic hydroxyl groups excluding tert-OH is 1. The number of nitrogens with zero attached hydrogens (tertiary/aromatic N) is 3. The lowest BCUT2D eigenvalue weighted by Crippen LogP contribution is -2.73. The molecule has 0 aliphatic carbocycles.